The second kappa shape index (κ2) is 8.70. The van der Waals surface area contributed by atoms with Crippen molar-refractivity contribution < 1.29 is 8.42 Å². The van der Waals surface area contributed by atoms with Gasteiger partial charge in [-0.05, 0) is 48.4 Å². The highest BCUT2D eigenvalue weighted by Gasteiger charge is 2.22. The Kier molecular flexibility index (Phi) is 6.00. The van der Waals surface area contributed by atoms with Crippen molar-refractivity contribution in [1.82, 2.24) is 9.97 Å². The minimum absolute atomic E-state index is 0.0523. The van der Waals surface area contributed by atoms with Crippen LogP contribution in [-0.2, 0) is 16.4 Å². The molecule has 0 aliphatic carbocycles. The number of fused-ring (bicyclic) bond motifs is 1. The number of aryl methyl sites for hydroxylation is 1. The molecule has 0 atom stereocenters. The summed E-state index contributed by atoms with van der Waals surface area (Å²) in [6, 6.07) is 19.2. The summed E-state index contributed by atoms with van der Waals surface area (Å²) in [6.45, 7) is 2.04. The van der Waals surface area contributed by atoms with E-state index in [0.717, 1.165) is 17.7 Å². The molecule has 0 saturated heterocycles. The lowest BCUT2D eigenvalue weighted by molar-refractivity contribution is 0.601. The van der Waals surface area contributed by atoms with Crippen molar-refractivity contribution >= 4 is 61.6 Å². The number of rotatable bonds is 6. The van der Waals surface area contributed by atoms with Crippen LogP contribution in [0.5, 0.6) is 0 Å². The molecule has 0 saturated carbocycles. The number of anilines is 3. The zero-order valence-electron chi connectivity index (χ0n) is 16.4. The third-order valence-corrected chi connectivity index (χ3v) is 6.69. The first-order chi connectivity index (χ1) is 14.9. The quantitative estimate of drug-likeness (QED) is 0.357. The zero-order chi connectivity index (χ0) is 22.0. The molecule has 2 N–H and O–H groups in total. The highest BCUT2D eigenvalue weighted by molar-refractivity contribution is 7.92. The van der Waals surface area contributed by atoms with Gasteiger partial charge in [0.1, 0.15) is 4.90 Å². The molecule has 3 aromatic carbocycles. The number of hydrogen-bond acceptors (Lipinski definition) is 5. The summed E-state index contributed by atoms with van der Waals surface area (Å²) in [5.74, 6) is 0.335. The van der Waals surface area contributed by atoms with Crippen LogP contribution in [0.25, 0.3) is 11.0 Å². The van der Waals surface area contributed by atoms with Gasteiger partial charge in [-0.2, -0.15) is 0 Å². The van der Waals surface area contributed by atoms with Crippen molar-refractivity contribution in [2.24, 2.45) is 0 Å². The summed E-state index contributed by atoms with van der Waals surface area (Å²) in [5.41, 5.74) is 3.05. The van der Waals surface area contributed by atoms with E-state index in [0.29, 0.717) is 11.0 Å². The summed E-state index contributed by atoms with van der Waals surface area (Å²) < 4.78 is 28.7. The molecular weight excluding hydrogens is 455 g/mol. The molecule has 158 valence electrons. The summed E-state index contributed by atoms with van der Waals surface area (Å²) in [4.78, 5) is 8.96. The molecular formula is C22H18Cl2N4O2S. The lowest BCUT2D eigenvalue weighted by atomic mass is 10.1. The first kappa shape index (κ1) is 21.4. The molecule has 0 radical (unpaired) electrons. The van der Waals surface area contributed by atoms with Crippen molar-refractivity contribution in [2.75, 3.05) is 10.0 Å². The van der Waals surface area contributed by atoms with Gasteiger partial charge in [0.05, 0.1) is 16.1 Å². The fourth-order valence-electron chi connectivity index (χ4n) is 3.10. The molecule has 31 heavy (non-hydrogen) atoms. The maximum absolute atomic E-state index is 13.1. The van der Waals surface area contributed by atoms with E-state index in [9.17, 15) is 8.42 Å². The normalized spacial score (nSPS) is 11.5. The topological polar surface area (TPSA) is 84.0 Å². The Bertz CT molecular complexity index is 1380. The predicted molar refractivity (Wildman–Crippen MR) is 126 cm³/mol. The summed E-state index contributed by atoms with van der Waals surface area (Å²) >= 11 is 12.1. The molecule has 0 spiro atoms. The van der Waals surface area contributed by atoms with E-state index < -0.39 is 10.0 Å². The van der Waals surface area contributed by atoms with Gasteiger partial charge >= 0.3 is 0 Å². The van der Waals surface area contributed by atoms with Gasteiger partial charge in [0.2, 0.25) is 0 Å². The molecule has 0 aliphatic heterocycles. The van der Waals surface area contributed by atoms with Crippen LogP contribution in [0.15, 0.2) is 71.6 Å². The Morgan fingerprint density at radius 3 is 2.23 bits per heavy atom. The van der Waals surface area contributed by atoms with Crippen LogP contribution in [0, 0.1) is 0 Å². The fraction of sp³-hybridized carbons (Fsp3) is 0.0909. The first-order valence-corrected chi connectivity index (χ1v) is 11.7. The third-order valence-electron chi connectivity index (χ3n) is 4.64. The third kappa shape index (κ3) is 4.58. The summed E-state index contributed by atoms with van der Waals surface area (Å²) in [6.07, 6.45) is 0.795. The fourth-order valence-corrected chi connectivity index (χ4v) is 4.87. The average molecular weight is 473 g/mol. The van der Waals surface area contributed by atoms with E-state index in [1.807, 2.05) is 49.4 Å². The Morgan fingerprint density at radius 1 is 0.871 bits per heavy atom. The molecule has 0 unspecified atom stereocenters. The van der Waals surface area contributed by atoms with E-state index in [-0.39, 0.29) is 26.6 Å². The minimum atomic E-state index is -4.07. The Morgan fingerprint density at radius 2 is 1.52 bits per heavy atom. The van der Waals surface area contributed by atoms with Gasteiger partial charge in [-0.15, -0.1) is 0 Å². The van der Waals surface area contributed by atoms with Crippen molar-refractivity contribution in [3.8, 4) is 0 Å². The molecule has 4 rings (SSSR count). The van der Waals surface area contributed by atoms with Gasteiger partial charge in [0, 0.05) is 10.7 Å². The van der Waals surface area contributed by atoms with Crippen molar-refractivity contribution in [3.63, 3.8) is 0 Å². The largest absolute Gasteiger partial charge is 0.337 e. The molecule has 1 aromatic heterocycles. The number of para-hydroxylation sites is 3. The number of sulfonamides is 1. The van der Waals surface area contributed by atoms with Gasteiger partial charge in [0.15, 0.2) is 11.6 Å². The molecule has 0 aliphatic rings. The lowest BCUT2D eigenvalue weighted by Gasteiger charge is -2.16. The maximum Gasteiger partial charge on any atom is 0.264 e. The number of hydrogen-bond donors (Lipinski definition) is 2. The summed E-state index contributed by atoms with van der Waals surface area (Å²) in [5, 5.41) is 3.53. The average Bonchev–Trinajstić information content (AvgIpc) is 2.76. The van der Waals surface area contributed by atoms with E-state index in [1.165, 1.54) is 18.2 Å². The van der Waals surface area contributed by atoms with Crippen LogP contribution in [0.4, 0.5) is 17.3 Å². The van der Waals surface area contributed by atoms with Crippen molar-refractivity contribution in [2.45, 2.75) is 18.2 Å². The highest BCUT2D eigenvalue weighted by Crippen LogP contribution is 2.31. The van der Waals surface area contributed by atoms with Crippen LogP contribution in [-0.4, -0.2) is 18.4 Å². The Labute approximate surface area is 190 Å². The molecule has 9 heteroatoms. The van der Waals surface area contributed by atoms with Crippen LogP contribution in [0.1, 0.15) is 12.5 Å². The van der Waals surface area contributed by atoms with Gasteiger partial charge in [-0.3, -0.25) is 4.72 Å². The summed E-state index contributed by atoms with van der Waals surface area (Å²) in [7, 11) is -4.07. The number of nitrogens with zero attached hydrogens (tertiary/aromatic N) is 2. The van der Waals surface area contributed by atoms with Crippen molar-refractivity contribution in [1.29, 1.82) is 0 Å². The number of aromatic nitrogens is 2. The van der Waals surface area contributed by atoms with Crippen LogP contribution in [0.2, 0.25) is 10.0 Å². The molecule has 0 fully saturated rings. The standard InChI is InChI=1S/C22H18Cl2N4O2S/c1-2-14-7-3-4-8-17(14)25-21-22(27-19-10-6-5-9-18(19)26-21)28-31(29,30)20-13-15(23)11-12-16(20)24/h3-13H,2H2,1H3,(H,25,26)(H,27,28). The lowest BCUT2D eigenvalue weighted by Crippen LogP contribution is -2.16. The van der Waals surface area contributed by atoms with E-state index in [2.05, 4.69) is 20.0 Å². The zero-order valence-corrected chi connectivity index (χ0v) is 18.8. The minimum Gasteiger partial charge on any atom is -0.337 e. The van der Waals surface area contributed by atoms with Gasteiger partial charge < -0.3 is 5.32 Å². The van der Waals surface area contributed by atoms with Crippen LogP contribution in [0.3, 0.4) is 0 Å². The van der Waals surface area contributed by atoms with Crippen molar-refractivity contribution in [3.05, 3.63) is 82.3 Å². The first-order valence-electron chi connectivity index (χ1n) is 9.47. The van der Waals surface area contributed by atoms with Gasteiger partial charge in [0.25, 0.3) is 10.0 Å². The second-order valence-corrected chi connectivity index (χ2v) is 9.22. The highest BCUT2D eigenvalue weighted by atomic mass is 35.5. The van der Waals surface area contributed by atoms with E-state index in [1.54, 1.807) is 6.07 Å². The van der Waals surface area contributed by atoms with Gasteiger partial charge in [-0.1, -0.05) is 60.5 Å². The van der Waals surface area contributed by atoms with Crippen LogP contribution < -0.4 is 10.0 Å². The Hall–Kier alpha value is -2.87. The molecule has 0 bridgehead atoms. The predicted octanol–water partition coefficient (Wildman–Crippen LogP) is 6.04. The second-order valence-electron chi connectivity index (χ2n) is 6.73. The monoisotopic (exact) mass is 472 g/mol. The Balaban J connectivity index is 1.82. The number of halogens is 2. The maximum atomic E-state index is 13.1. The molecule has 0 amide bonds. The number of nitrogens with one attached hydrogen (secondary N) is 2. The molecule has 1 heterocycles. The smallest absolute Gasteiger partial charge is 0.264 e. The van der Waals surface area contributed by atoms with E-state index in [4.69, 9.17) is 23.2 Å². The van der Waals surface area contributed by atoms with Crippen LogP contribution >= 0.6 is 23.2 Å². The van der Waals surface area contributed by atoms with Gasteiger partial charge in [-0.25, -0.2) is 18.4 Å². The SMILES string of the molecule is CCc1ccccc1Nc1nc2ccccc2nc1NS(=O)(=O)c1cc(Cl)ccc1Cl. The van der Waals surface area contributed by atoms with E-state index >= 15 is 0 Å². The number of benzene rings is 3. The molecule has 6 nitrogen and oxygen atoms in total. The molecule has 4 aromatic rings.